The van der Waals surface area contributed by atoms with E-state index in [9.17, 15) is 0 Å². The van der Waals surface area contributed by atoms with Gasteiger partial charge in [0, 0.05) is 18.8 Å². The fourth-order valence-corrected chi connectivity index (χ4v) is 2.62. The Morgan fingerprint density at radius 1 is 1.46 bits per heavy atom. The lowest BCUT2D eigenvalue weighted by Crippen LogP contribution is -2.24. The third-order valence-corrected chi connectivity index (χ3v) is 3.89. The van der Waals surface area contributed by atoms with Crippen LogP contribution in [0.2, 0.25) is 0 Å². The van der Waals surface area contributed by atoms with Crippen molar-refractivity contribution in [1.29, 1.82) is 0 Å². The minimum atomic E-state index is 0.879. The van der Waals surface area contributed by atoms with Crippen molar-refractivity contribution in [2.24, 2.45) is 11.8 Å². The topological polar surface area (TPSA) is 3.24 Å². The zero-order chi connectivity index (χ0) is 9.68. The lowest BCUT2D eigenvalue weighted by molar-refractivity contribution is 0.319. The van der Waals surface area contributed by atoms with Crippen molar-refractivity contribution in [3.05, 3.63) is 0 Å². The molecule has 1 rings (SSSR count). The van der Waals surface area contributed by atoms with Gasteiger partial charge in [-0.05, 0) is 30.6 Å². The van der Waals surface area contributed by atoms with Crippen molar-refractivity contribution >= 4 is 11.8 Å². The highest BCUT2D eigenvalue weighted by Crippen LogP contribution is 2.23. The molecule has 1 saturated heterocycles. The molecule has 0 aromatic rings. The monoisotopic (exact) mass is 201 g/mol. The van der Waals surface area contributed by atoms with Gasteiger partial charge < -0.3 is 4.90 Å². The molecule has 0 aliphatic carbocycles. The molecule has 1 heterocycles. The van der Waals surface area contributed by atoms with Gasteiger partial charge >= 0.3 is 0 Å². The highest BCUT2D eigenvalue weighted by atomic mass is 32.2. The summed E-state index contributed by atoms with van der Waals surface area (Å²) in [7, 11) is 0. The zero-order valence-electron chi connectivity index (χ0n) is 9.25. The van der Waals surface area contributed by atoms with Crippen LogP contribution in [0.3, 0.4) is 0 Å². The number of rotatable bonds is 5. The van der Waals surface area contributed by atoms with Crippen LogP contribution in [0.25, 0.3) is 0 Å². The largest absolute Gasteiger partial charge is 0.302 e. The Morgan fingerprint density at radius 2 is 2.23 bits per heavy atom. The fraction of sp³-hybridized carbons (Fsp3) is 1.00. The van der Waals surface area contributed by atoms with Gasteiger partial charge in [-0.25, -0.2) is 0 Å². The number of hydrogen-bond acceptors (Lipinski definition) is 2. The highest BCUT2D eigenvalue weighted by molar-refractivity contribution is 7.99. The Labute approximate surface area is 87.3 Å². The molecular formula is C11H23NS. The zero-order valence-corrected chi connectivity index (χ0v) is 10.1. The van der Waals surface area contributed by atoms with Crippen LogP contribution in [0.4, 0.5) is 0 Å². The molecule has 0 spiro atoms. The second-order valence-electron chi connectivity index (χ2n) is 4.29. The molecule has 0 radical (unpaired) electrons. The smallest absolute Gasteiger partial charge is 0.00725 e. The molecule has 2 heteroatoms. The van der Waals surface area contributed by atoms with Crippen LogP contribution >= 0.6 is 11.8 Å². The molecule has 78 valence electrons. The van der Waals surface area contributed by atoms with Crippen LogP contribution in [0.15, 0.2) is 0 Å². The Balaban J connectivity index is 2.10. The molecule has 0 saturated carbocycles. The Kier molecular flexibility index (Phi) is 5.18. The normalized spacial score (nSPS) is 24.5. The molecule has 1 atom stereocenters. The first-order chi connectivity index (χ1) is 6.24. The van der Waals surface area contributed by atoms with E-state index in [-0.39, 0.29) is 0 Å². The Hall–Kier alpha value is 0.310. The molecule has 1 aliphatic rings. The van der Waals surface area contributed by atoms with E-state index in [0.29, 0.717) is 0 Å². The Morgan fingerprint density at radius 3 is 2.77 bits per heavy atom. The summed E-state index contributed by atoms with van der Waals surface area (Å²) in [5.41, 5.74) is 0. The van der Waals surface area contributed by atoms with Crippen molar-refractivity contribution in [3.63, 3.8) is 0 Å². The standard InChI is InChI=1S/C11H23NS/c1-4-13-8-7-12-6-5-11(9-12)10(2)3/h10-11H,4-9H2,1-3H3. The van der Waals surface area contributed by atoms with Crippen LogP contribution < -0.4 is 0 Å². The first-order valence-corrected chi connectivity index (χ1v) is 6.69. The number of likely N-dealkylation sites (tertiary alicyclic amines) is 1. The molecule has 0 aromatic carbocycles. The maximum Gasteiger partial charge on any atom is 0.00725 e. The van der Waals surface area contributed by atoms with Crippen LogP contribution in [-0.4, -0.2) is 36.0 Å². The summed E-state index contributed by atoms with van der Waals surface area (Å²) in [4.78, 5) is 2.63. The fourth-order valence-electron chi connectivity index (χ4n) is 1.95. The van der Waals surface area contributed by atoms with Crippen molar-refractivity contribution in [2.75, 3.05) is 31.1 Å². The van der Waals surface area contributed by atoms with E-state index in [0.717, 1.165) is 11.8 Å². The maximum atomic E-state index is 2.63. The molecule has 1 fully saturated rings. The van der Waals surface area contributed by atoms with Gasteiger partial charge in [0.1, 0.15) is 0 Å². The van der Waals surface area contributed by atoms with Crippen molar-refractivity contribution in [3.8, 4) is 0 Å². The van der Waals surface area contributed by atoms with E-state index in [1.54, 1.807) is 0 Å². The van der Waals surface area contributed by atoms with Gasteiger partial charge in [0.05, 0.1) is 0 Å². The van der Waals surface area contributed by atoms with Gasteiger partial charge in [-0.2, -0.15) is 11.8 Å². The molecule has 0 aromatic heterocycles. The molecule has 0 bridgehead atoms. The van der Waals surface area contributed by atoms with Gasteiger partial charge in [-0.1, -0.05) is 20.8 Å². The third kappa shape index (κ3) is 3.90. The quantitative estimate of drug-likeness (QED) is 0.629. The summed E-state index contributed by atoms with van der Waals surface area (Å²) in [6.07, 6.45) is 1.43. The van der Waals surface area contributed by atoms with Gasteiger partial charge in [0.15, 0.2) is 0 Å². The first kappa shape index (κ1) is 11.4. The predicted octanol–water partition coefficient (Wildman–Crippen LogP) is 2.72. The summed E-state index contributed by atoms with van der Waals surface area (Å²) >= 11 is 2.06. The van der Waals surface area contributed by atoms with Crippen LogP contribution in [0.5, 0.6) is 0 Å². The lowest BCUT2D eigenvalue weighted by atomic mass is 9.95. The average Bonchev–Trinajstić information content (AvgIpc) is 2.53. The van der Waals surface area contributed by atoms with E-state index in [1.807, 2.05) is 0 Å². The maximum absolute atomic E-state index is 2.63. The van der Waals surface area contributed by atoms with Crippen LogP contribution in [-0.2, 0) is 0 Å². The van der Waals surface area contributed by atoms with E-state index < -0.39 is 0 Å². The number of hydrogen-bond donors (Lipinski definition) is 0. The SMILES string of the molecule is CCSCCN1CCC(C(C)C)C1. The average molecular weight is 201 g/mol. The van der Waals surface area contributed by atoms with Gasteiger partial charge in [-0.15, -0.1) is 0 Å². The number of thioether (sulfide) groups is 1. The predicted molar refractivity (Wildman–Crippen MR) is 62.4 cm³/mol. The molecule has 0 amide bonds. The van der Waals surface area contributed by atoms with E-state index in [4.69, 9.17) is 0 Å². The Bertz CT molecular complexity index is 136. The second-order valence-corrected chi connectivity index (χ2v) is 5.68. The van der Waals surface area contributed by atoms with E-state index in [2.05, 4.69) is 37.4 Å². The van der Waals surface area contributed by atoms with Crippen LogP contribution in [0.1, 0.15) is 27.2 Å². The molecule has 0 N–H and O–H groups in total. The minimum Gasteiger partial charge on any atom is -0.302 e. The third-order valence-electron chi connectivity index (χ3n) is 3.01. The van der Waals surface area contributed by atoms with Crippen molar-refractivity contribution in [2.45, 2.75) is 27.2 Å². The summed E-state index contributed by atoms with van der Waals surface area (Å²) in [5.74, 6) is 4.43. The minimum absolute atomic E-state index is 0.879. The molecule has 1 unspecified atom stereocenters. The van der Waals surface area contributed by atoms with Crippen LogP contribution in [0, 0.1) is 11.8 Å². The van der Waals surface area contributed by atoms with Crippen molar-refractivity contribution < 1.29 is 0 Å². The second kappa shape index (κ2) is 5.92. The van der Waals surface area contributed by atoms with Gasteiger partial charge in [0.2, 0.25) is 0 Å². The molecule has 13 heavy (non-hydrogen) atoms. The summed E-state index contributed by atoms with van der Waals surface area (Å²) in [5, 5.41) is 0. The van der Waals surface area contributed by atoms with Gasteiger partial charge in [0.25, 0.3) is 0 Å². The van der Waals surface area contributed by atoms with Crippen molar-refractivity contribution in [1.82, 2.24) is 4.90 Å². The number of nitrogens with zero attached hydrogens (tertiary/aromatic N) is 1. The molecule has 1 aliphatic heterocycles. The first-order valence-electron chi connectivity index (χ1n) is 5.54. The lowest BCUT2D eigenvalue weighted by Gasteiger charge is -2.17. The highest BCUT2D eigenvalue weighted by Gasteiger charge is 2.23. The summed E-state index contributed by atoms with van der Waals surface area (Å²) in [6, 6.07) is 0. The van der Waals surface area contributed by atoms with E-state index in [1.165, 1.54) is 37.6 Å². The molecular weight excluding hydrogens is 178 g/mol. The van der Waals surface area contributed by atoms with E-state index >= 15 is 0 Å². The van der Waals surface area contributed by atoms with Gasteiger partial charge in [-0.3, -0.25) is 0 Å². The summed E-state index contributed by atoms with van der Waals surface area (Å²) in [6.45, 7) is 11.0. The summed E-state index contributed by atoms with van der Waals surface area (Å²) < 4.78 is 0. The molecule has 1 nitrogen and oxygen atoms in total.